The van der Waals surface area contributed by atoms with Crippen LogP contribution in [0.3, 0.4) is 0 Å². The van der Waals surface area contributed by atoms with Gasteiger partial charge in [0.2, 0.25) is 5.91 Å². The van der Waals surface area contributed by atoms with Crippen LogP contribution in [0, 0.1) is 11.6 Å². The van der Waals surface area contributed by atoms with Crippen LogP contribution in [-0.4, -0.2) is 27.4 Å². The van der Waals surface area contributed by atoms with E-state index in [-0.39, 0.29) is 12.5 Å². The normalized spacial score (nSPS) is 10.9. The lowest BCUT2D eigenvalue weighted by molar-refractivity contribution is -0.119. The van der Waals surface area contributed by atoms with E-state index < -0.39 is 11.6 Å². The molecule has 0 bridgehead atoms. The first-order chi connectivity index (χ1) is 11.1. The lowest BCUT2D eigenvalue weighted by atomic mass is 10.2. The van der Waals surface area contributed by atoms with E-state index >= 15 is 0 Å². The van der Waals surface area contributed by atoms with Gasteiger partial charge in [-0.25, -0.2) is 13.5 Å². The first-order valence-electron chi connectivity index (χ1n) is 7.14. The summed E-state index contributed by atoms with van der Waals surface area (Å²) >= 11 is 0. The third-order valence-electron chi connectivity index (χ3n) is 3.54. The zero-order valence-corrected chi connectivity index (χ0v) is 12.4. The number of para-hydroxylation sites is 1. The molecule has 1 amide bonds. The van der Waals surface area contributed by atoms with Crippen molar-refractivity contribution >= 4 is 22.6 Å². The molecule has 0 N–H and O–H groups in total. The zero-order chi connectivity index (χ0) is 16.4. The number of carbonyl (C=O) groups excluding carboxylic acids is 1. The fourth-order valence-corrected chi connectivity index (χ4v) is 2.40. The van der Waals surface area contributed by atoms with Crippen LogP contribution < -0.4 is 4.90 Å². The van der Waals surface area contributed by atoms with Crippen LogP contribution in [0.1, 0.15) is 6.92 Å². The molecule has 0 atom stereocenters. The fourth-order valence-electron chi connectivity index (χ4n) is 2.40. The van der Waals surface area contributed by atoms with Crippen molar-refractivity contribution in [2.75, 3.05) is 11.4 Å². The molecular formula is C16H14F2N4O. The molecular weight excluding hydrogens is 302 g/mol. The first-order valence-corrected chi connectivity index (χ1v) is 7.14. The van der Waals surface area contributed by atoms with Crippen LogP contribution >= 0.6 is 0 Å². The number of aromatic nitrogens is 3. The van der Waals surface area contributed by atoms with Gasteiger partial charge in [-0.1, -0.05) is 17.3 Å². The number of benzene rings is 2. The van der Waals surface area contributed by atoms with Gasteiger partial charge in [0, 0.05) is 18.3 Å². The maximum Gasteiger partial charge on any atom is 0.248 e. The smallest absolute Gasteiger partial charge is 0.248 e. The highest BCUT2D eigenvalue weighted by Crippen LogP contribution is 2.19. The third-order valence-corrected chi connectivity index (χ3v) is 3.54. The van der Waals surface area contributed by atoms with E-state index in [1.165, 1.54) is 15.6 Å². The van der Waals surface area contributed by atoms with E-state index in [2.05, 4.69) is 10.3 Å². The van der Waals surface area contributed by atoms with Crippen LogP contribution in [0.5, 0.6) is 0 Å². The molecule has 0 aliphatic heterocycles. The average Bonchev–Trinajstić information content (AvgIpc) is 2.95. The van der Waals surface area contributed by atoms with Gasteiger partial charge in [-0.3, -0.25) is 4.79 Å². The molecule has 0 saturated carbocycles. The van der Waals surface area contributed by atoms with Gasteiger partial charge in [0.15, 0.2) is 11.6 Å². The van der Waals surface area contributed by atoms with Crippen molar-refractivity contribution in [2.45, 2.75) is 13.5 Å². The largest absolute Gasteiger partial charge is 0.311 e. The Balaban J connectivity index is 1.86. The van der Waals surface area contributed by atoms with Crippen molar-refractivity contribution in [3.05, 3.63) is 54.1 Å². The molecule has 3 aromatic rings. The Morgan fingerprint density at radius 1 is 1.17 bits per heavy atom. The molecule has 0 radical (unpaired) electrons. The van der Waals surface area contributed by atoms with Crippen molar-refractivity contribution < 1.29 is 13.6 Å². The molecule has 7 heteroatoms. The quantitative estimate of drug-likeness (QED) is 0.744. The minimum absolute atomic E-state index is 0.0344. The minimum atomic E-state index is -0.986. The summed E-state index contributed by atoms with van der Waals surface area (Å²) in [6, 6.07) is 10.7. The van der Waals surface area contributed by atoms with Gasteiger partial charge in [-0.05, 0) is 31.2 Å². The number of hydrogen-bond acceptors (Lipinski definition) is 3. The molecule has 2 aromatic carbocycles. The molecule has 0 saturated heterocycles. The van der Waals surface area contributed by atoms with Crippen molar-refractivity contribution in [1.29, 1.82) is 0 Å². The Bertz CT molecular complexity index is 862. The number of nitrogens with zero attached hydrogens (tertiary/aromatic N) is 4. The Hall–Kier alpha value is -2.83. The maximum atomic E-state index is 13.4. The van der Waals surface area contributed by atoms with E-state index in [9.17, 15) is 13.6 Å². The first kappa shape index (κ1) is 15.1. The molecule has 23 heavy (non-hydrogen) atoms. The van der Waals surface area contributed by atoms with Crippen LogP contribution in [0.4, 0.5) is 14.5 Å². The highest BCUT2D eigenvalue weighted by Gasteiger charge is 2.17. The molecule has 0 aliphatic rings. The number of halogens is 2. The van der Waals surface area contributed by atoms with Gasteiger partial charge in [0.25, 0.3) is 0 Å². The molecule has 0 spiro atoms. The SMILES string of the molecule is CCN(C(=O)Cn1nnc2ccccc21)c1ccc(F)c(F)c1. The summed E-state index contributed by atoms with van der Waals surface area (Å²) in [7, 11) is 0. The lowest BCUT2D eigenvalue weighted by Gasteiger charge is -2.21. The molecule has 0 fully saturated rings. The molecule has 1 heterocycles. The molecule has 1 aromatic heterocycles. The van der Waals surface area contributed by atoms with Crippen LogP contribution in [0.15, 0.2) is 42.5 Å². The molecule has 3 rings (SSSR count). The van der Waals surface area contributed by atoms with Gasteiger partial charge in [0.05, 0.1) is 5.52 Å². The van der Waals surface area contributed by atoms with Gasteiger partial charge in [-0.15, -0.1) is 5.10 Å². The number of fused-ring (bicyclic) bond motifs is 1. The van der Waals surface area contributed by atoms with E-state index in [1.807, 2.05) is 18.2 Å². The minimum Gasteiger partial charge on any atom is -0.311 e. The number of anilines is 1. The van der Waals surface area contributed by atoms with Crippen molar-refractivity contribution in [3.8, 4) is 0 Å². The van der Waals surface area contributed by atoms with Gasteiger partial charge in [0.1, 0.15) is 12.1 Å². The molecule has 0 unspecified atom stereocenters. The standard InChI is InChI=1S/C16H14F2N4O/c1-2-21(11-7-8-12(17)13(18)9-11)16(23)10-22-15-6-4-3-5-14(15)19-20-22/h3-9H,2,10H2,1H3. The number of rotatable bonds is 4. The molecule has 118 valence electrons. The van der Waals surface area contributed by atoms with Gasteiger partial charge in [-0.2, -0.15) is 0 Å². The summed E-state index contributed by atoms with van der Waals surface area (Å²) in [4.78, 5) is 13.9. The second-order valence-corrected chi connectivity index (χ2v) is 4.97. The van der Waals surface area contributed by atoms with Crippen molar-refractivity contribution in [3.63, 3.8) is 0 Å². The molecule has 5 nitrogen and oxygen atoms in total. The highest BCUT2D eigenvalue weighted by atomic mass is 19.2. The summed E-state index contributed by atoms with van der Waals surface area (Å²) in [6.45, 7) is 2.06. The number of carbonyl (C=O) groups is 1. The van der Waals surface area contributed by atoms with Crippen LogP contribution in [0.2, 0.25) is 0 Å². The highest BCUT2D eigenvalue weighted by molar-refractivity contribution is 5.93. The number of amides is 1. The third kappa shape index (κ3) is 2.90. The van der Waals surface area contributed by atoms with Crippen LogP contribution in [-0.2, 0) is 11.3 Å². The Morgan fingerprint density at radius 2 is 1.96 bits per heavy atom. The Morgan fingerprint density at radius 3 is 2.70 bits per heavy atom. The predicted octanol–water partition coefficient (Wildman–Crippen LogP) is 2.76. The van der Waals surface area contributed by atoms with Crippen molar-refractivity contribution in [1.82, 2.24) is 15.0 Å². The van der Waals surface area contributed by atoms with Crippen molar-refractivity contribution in [2.24, 2.45) is 0 Å². The van der Waals surface area contributed by atoms with Crippen LogP contribution in [0.25, 0.3) is 11.0 Å². The summed E-state index contributed by atoms with van der Waals surface area (Å²) in [5, 5.41) is 7.95. The second-order valence-electron chi connectivity index (χ2n) is 4.97. The summed E-state index contributed by atoms with van der Waals surface area (Å²) in [5.41, 5.74) is 1.74. The van der Waals surface area contributed by atoms with Gasteiger partial charge >= 0.3 is 0 Å². The monoisotopic (exact) mass is 316 g/mol. The van der Waals surface area contributed by atoms with E-state index in [4.69, 9.17) is 0 Å². The zero-order valence-electron chi connectivity index (χ0n) is 12.4. The fraction of sp³-hybridized carbons (Fsp3) is 0.188. The summed E-state index contributed by atoms with van der Waals surface area (Å²) in [5.74, 6) is -2.21. The number of hydrogen-bond donors (Lipinski definition) is 0. The predicted molar refractivity (Wildman–Crippen MR) is 81.9 cm³/mol. The maximum absolute atomic E-state index is 13.4. The summed E-state index contributed by atoms with van der Waals surface area (Å²) in [6.07, 6.45) is 0. The van der Waals surface area contributed by atoms with E-state index in [1.54, 1.807) is 13.0 Å². The molecule has 0 aliphatic carbocycles. The van der Waals surface area contributed by atoms with Gasteiger partial charge < -0.3 is 4.90 Å². The van der Waals surface area contributed by atoms with E-state index in [0.29, 0.717) is 17.7 Å². The topological polar surface area (TPSA) is 51.0 Å². The average molecular weight is 316 g/mol. The second kappa shape index (κ2) is 6.12. The summed E-state index contributed by atoms with van der Waals surface area (Å²) < 4.78 is 27.9. The Labute approximate surface area is 131 Å². The Kier molecular flexibility index (Phi) is 4.01. The lowest BCUT2D eigenvalue weighted by Crippen LogP contribution is -2.34. The number of likely N-dealkylation sites (N-methyl/N-ethyl adjacent to an activating group) is 1. The van der Waals surface area contributed by atoms with E-state index in [0.717, 1.165) is 17.6 Å².